The topological polar surface area (TPSA) is 42.9 Å². The van der Waals surface area contributed by atoms with E-state index in [4.69, 9.17) is 4.99 Å². The first-order chi connectivity index (χ1) is 12.7. The molecule has 2 saturated heterocycles. The molecule has 0 aliphatic carbocycles. The molecular formula is C21H35N5. The lowest BCUT2D eigenvalue weighted by atomic mass is 10.1. The van der Waals surface area contributed by atoms with Crippen LogP contribution < -0.4 is 15.5 Å². The highest BCUT2D eigenvalue weighted by molar-refractivity contribution is 5.80. The highest BCUT2D eigenvalue weighted by Gasteiger charge is 2.20. The van der Waals surface area contributed by atoms with Gasteiger partial charge in [-0.25, -0.2) is 0 Å². The fourth-order valence-corrected chi connectivity index (χ4v) is 3.98. The van der Waals surface area contributed by atoms with Crippen LogP contribution in [0.2, 0.25) is 0 Å². The van der Waals surface area contributed by atoms with Gasteiger partial charge in [-0.2, -0.15) is 0 Å². The van der Waals surface area contributed by atoms with Gasteiger partial charge in [-0.15, -0.1) is 0 Å². The molecule has 144 valence electrons. The van der Waals surface area contributed by atoms with Gasteiger partial charge in [0.15, 0.2) is 5.96 Å². The molecule has 1 aromatic carbocycles. The molecule has 2 aliphatic heterocycles. The molecule has 2 fully saturated rings. The van der Waals surface area contributed by atoms with Gasteiger partial charge in [0.2, 0.25) is 0 Å². The van der Waals surface area contributed by atoms with Gasteiger partial charge in [0, 0.05) is 31.4 Å². The molecule has 0 amide bonds. The molecule has 5 heteroatoms. The first-order valence-electron chi connectivity index (χ1n) is 10.3. The molecule has 2 N–H and O–H groups in total. The van der Waals surface area contributed by atoms with E-state index in [1.807, 2.05) is 0 Å². The van der Waals surface area contributed by atoms with Crippen LogP contribution in [0.3, 0.4) is 0 Å². The summed E-state index contributed by atoms with van der Waals surface area (Å²) in [6.45, 7) is 9.66. The zero-order chi connectivity index (χ0) is 18.4. The zero-order valence-electron chi connectivity index (χ0n) is 16.7. The number of guanidine groups is 1. The van der Waals surface area contributed by atoms with Crippen molar-refractivity contribution in [2.75, 3.05) is 44.7 Å². The Bertz CT molecular complexity index is 594. The summed E-state index contributed by atoms with van der Waals surface area (Å²) in [5.74, 6) is 0.923. The van der Waals surface area contributed by atoms with Crippen molar-refractivity contribution in [2.45, 2.75) is 51.6 Å². The van der Waals surface area contributed by atoms with Gasteiger partial charge in [-0.1, -0.05) is 12.1 Å². The van der Waals surface area contributed by atoms with E-state index < -0.39 is 0 Å². The van der Waals surface area contributed by atoms with E-state index >= 15 is 0 Å². The van der Waals surface area contributed by atoms with Crippen LogP contribution in [0.4, 0.5) is 5.69 Å². The van der Waals surface area contributed by atoms with Gasteiger partial charge in [0.1, 0.15) is 0 Å². The quantitative estimate of drug-likeness (QED) is 0.607. The Balaban J connectivity index is 1.63. The summed E-state index contributed by atoms with van der Waals surface area (Å²) in [6.07, 6.45) is 5.17. The van der Waals surface area contributed by atoms with Crippen molar-refractivity contribution in [3.63, 3.8) is 0 Å². The lowest BCUT2D eigenvalue weighted by Gasteiger charge is -2.23. The predicted molar refractivity (Wildman–Crippen MR) is 111 cm³/mol. The van der Waals surface area contributed by atoms with Gasteiger partial charge in [-0.05, 0) is 70.8 Å². The Morgan fingerprint density at radius 1 is 1.23 bits per heavy atom. The third-order valence-corrected chi connectivity index (χ3v) is 5.67. The Hall–Kier alpha value is -1.75. The molecule has 3 rings (SSSR count). The number of anilines is 1. The second kappa shape index (κ2) is 9.26. The summed E-state index contributed by atoms with van der Waals surface area (Å²) in [6, 6.07) is 9.77. The molecule has 0 radical (unpaired) electrons. The van der Waals surface area contributed by atoms with Crippen molar-refractivity contribution in [3.8, 4) is 0 Å². The van der Waals surface area contributed by atoms with Crippen LogP contribution in [0.1, 0.15) is 51.1 Å². The first kappa shape index (κ1) is 19.0. The Morgan fingerprint density at radius 3 is 2.73 bits per heavy atom. The summed E-state index contributed by atoms with van der Waals surface area (Å²) in [4.78, 5) is 9.77. The summed E-state index contributed by atoms with van der Waals surface area (Å²) < 4.78 is 0. The molecule has 2 unspecified atom stereocenters. The number of nitrogens with zero attached hydrogens (tertiary/aromatic N) is 3. The van der Waals surface area contributed by atoms with Crippen molar-refractivity contribution < 1.29 is 0 Å². The molecule has 0 bridgehead atoms. The number of aliphatic imine (C=N–C) groups is 1. The van der Waals surface area contributed by atoms with Crippen LogP contribution in [-0.4, -0.2) is 56.7 Å². The monoisotopic (exact) mass is 357 g/mol. The molecular weight excluding hydrogens is 322 g/mol. The second-order valence-electron chi connectivity index (χ2n) is 7.65. The van der Waals surface area contributed by atoms with Crippen LogP contribution >= 0.6 is 0 Å². The van der Waals surface area contributed by atoms with Crippen LogP contribution in [0.5, 0.6) is 0 Å². The summed E-state index contributed by atoms with van der Waals surface area (Å²) in [7, 11) is 2.21. The van der Waals surface area contributed by atoms with Gasteiger partial charge in [0.05, 0.1) is 12.6 Å². The third kappa shape index (κ3) is 4.91. The number of hydrogen-bond acceptors (Lipinski definition) is 3. The number of rotatable bonds is 6. The van der Waals surface area contributed by atoms with E-state index in [9.17, 15) is 0 Å². The van der Waals surface area contributed by atoms with E-state index in [-0.39, 0.29) is 6.04 Å². The zero-order valence-corrected chi connectivity index (χ0v) is 16.7. The molecule has 0 saturated carbocycles. The Labute approximate surface area is 158 Å². The lowest BCUT2D eigenvalue weighted by molar-refractivity contribution is 0.317. The van der Waals surface area contributed by atoms with Crippen LogP contribution in [-0.2, 0) is 0 Å². The van der Waals surface area contributed by atoms with E-state index in [1.54, 1.807) is 0 Å². The van der Waals surface area contributed by atoms with E-state index in [1.165, 1.54) is 56.6 Å². The standard InChI is InChI=1S/C21H35N5/c1-4-22-21(23-16-20-11-8-12-25(20)3)24-17(2)18-9-7-10-19(15-18)26-13-5-6-14-26/h7,9-10,15,17,20H,4-6,8,11-14,16H2,1-3H3,(H2,22,23,24). The number of likely N-dealkylation sites (N-methyl/N-ethyl adjacent to an activating group) is 1. The number of likely N-dealkylation sites (tertiary alicyclic amines) is 1. The molecule has 1 aromatic rings. The van der Waals surface area contributed by atoms with Crippen molar-refractivity contribution in [1.82, 2.24) is 15.5 Å². The minimum absolute atomic E-state index is 0.233. The lowest BCUT2D eigenvalue weighted by Crippen LogP contribution is -2.40. The SMILES string of the molecule is CCNC(=NCC1CCCN1C)NC(C)c1cccc(N2CCCC2)c1. The van der Waals surface area contributed by atoms with Crippen LogP contribution in [0.25, 0.3) is 0 Å². The van der Waals surface area contributed by atoms with E-state index in [0.717, 1.165) is 19.0 Å². The molecule has 2 aliphatic rings. The summed E-state index contributed by atoms with van der Waals surface area (Å²) in [5.41, 5.74) is 2.67. The molecule has 0 spiro atoms. The van der Waals surface area contributed by atoms with E-state index in [2.05, 4.69) is 65.6 Å². The van der Waals surface area contributed by atoms with Crippen molar-refractivity contribution >= 4 is 11.6 Å². The molecule has 26 heavy (non-hydrogen) atoms. The highest BCUT2D eigenvalue weighted by Crippen LogP contribution is 2.24. The third-order valence-electron chi connectivity index (χ3n) is 5.67. The minimum atomic E-state index is 0.233. The summed E-state index contributed by atoms with van der Waals surface area (Å²) in [5, 5.41) is 6.99. The second-order valence-corrected chi connectivity index (χ2v) is 7.65. The smallest absolute Gasteiger partial charge is 0.191 e. The van der Waals surface area contributed by atoms with Crippen LogP contribution in [0.15, 0.2) is 29.3 Å². The average molecular weight is 358 g/mol. The molecule has 2 heterocycles. The van der Waals surface area contributed by atoms with Gasteiger partial charge in [-0.3, -0.25) is 4.99 Å². The summed E-state index contributed by atoms with van der Waals surface area (Å²) >= 11 is 0. The molecule has 0 aromatic heterocycles. The predicted octanol–water partition coefficient (Wildman–Crippen LogP) is 3.00. The maximum Gasteiger partial charge on any atom is 0.191 e. The van der Waals surface area contributed by atoms with Crippen molar-refractivity contribution in [3.05, 3.63) is 29.8 Å². The van der Waals surface area contributed by atoms with Crippen LogP contribution in [0, 0.1) is 0 Å². The Morgan fingerprint density at radius 2 is 2.04 bits per heavy atom. The largest absolute Gasteiger partial charge is 0.372 e. The number of hydrogen-bond donors (Lipinski definition) is 2. The minimum Gasteiger partial charge on any atom is -0.372 e. The van der Waals surface area contributed by atoms with Crippen molar-refractivity contribution in [2.24, 2.45) is 4.99 Å². The fourth-order valence-electron chi connectivity index (χ4n) is 3.98. The first-order valence-corrected chi connectivity index (χ1v) is 10.3. The van der Waals surface area contributed by atoms with Crippen molar-refractivity contribution in [1.29, 1.82) is 0 Å². The average Bonchev–Trinajstić information content (AvgIpc) is 3.32. The molecule has 5 nitrogen and oxygen atoms in total. The van der Waals surface area contributed by atoms with Gasteiger partial charge >= 0.3 is 0 Å². The van der Waals surface area contributed by atoms with Gasteiger partial charge < -0.3 is 20.4 Å². The maximum absolute atomic E-state index is 4.85. The normalized spacial score (nSPS) is 22.7. The Kier molecular flexibility index (Phi) is 6.78. The molecule has 2 atom stereocenters. The van der Waals surface area contributed by atoms with Gasteiger partial charge in [0.25, 0.3) is 0 Å². The fraction of sp³-hybridized carbons (Fsp3) is 0.667. The number of nitrogens with one attached hydrogen (secondary N) is 2. The maximum atomic E-state index is 4.85. The highest BCUT2D eigenvalue weighted by atomic mass is 15.2. The van der Waals surface area contributed by atoms with E-state index in [0.29, 0.717) is 6.04 Å². The number of benzene rings is 1.